The van der Waals surface area contributed by atoms with E-state index in [0.29, 0.717) is 51.5 Å². The molecular formula is C60H49F11N18O. The Hall–Kier alpha value is -11.0. The number of methoxy groups -OCH3 is 1. The SMILES string of the molecule is CC(C)c1nc2ccccc2n1-c1nc(N)cc(Nc2ccc(C(F)(F)F)cc2)n1.COCc1nc2ccccc2n1-c1nc(N)cc(Nc2ccc(C(F)(F)F)cc2)n1.Nc1cc(Nc2ccc(C(F)(F)F)cc2)nc(-n2c(C(F)F)nc3ccccc32)n1. The summed E-state index contributed by atoms with van der Waals surface area (Å²) >= 11 is 0. The van der Waals surface area contributed by atoms with E-state index in [1.165, 1.54) is 54.6 Å². The average molecular weight is 1250 g/mol. The second-order valence-electron chi connectivity index (χ2n) is 19.9. The number of halogens is 11. The van der Waals surface area contributed by atoms with Crippen LogP contribution in [0.4, 0.5) is 100 Å². The molecular weight excluding hydrogens is 1200 g/mol. The van der Waals surface area contributed by atoms with Crippen LogP contribution in [0.1, 0.15) is 60.4 Å². The lowest BCUT2D eigenvalue weighted by molar-refractivity contribution is -0.138. The number of imidazole rings is 3. The first-order valence-electron chi connectivity index (χ1n) is 26.8. The van der Waals surface area contributed by atoms with Crippen LogP contribution in [0.2, 0.25) is 0 Å². The first kappa shape index (κ1) is 62.0. The molecule has 0 spiro atoms. The lowest BCUT2D eigenvalue weighted by atomic mass is 10.2. The van der Waals surface area contributed by atoms with E-state index in [2.05, 4.69) is 60.8 Å². The molecule has 6 heterocycles. The molecule has 30 heteroatoms. The van der Waals surface area contributed by atoms with E-state index in [4.69, 9.17) is 21.9 Å². The zero-order valence-electron chi connectivity index (χ0n) is 47.1. The predicted octanol–water partition coefficient (Wildman–Crippen LogP) is 14.7. The number of anilines is 9. The van der Waals surface area contributed by atoms with Crippen LogP contribution in [0.5, 0.6) is 0 Å². The smallest absolute Gasteiger partial charge is 0.383 e. The maximum atomic E-state index is 13.6. The van der Waals surface area contributed by atoms with E-state index in [0.717, 1.165) is 68.9 Å². The molecule has 12 aromatic rings. The minimum Gasteiger partial charge on any atom is -0.383 e. The van der Waals surface area contributed by atoms with Crippen molar-refractivity contribution >= 4 is 85.1 Å². The van der Waals surface area contributed by atoms with Gasteiger partial charge in [-0.25, -0.2) is 23.7 Å². The summed E-state index contributed by atoms with van der Waals surface area (Å²) in [7, 11) is 1.56. The number of hydrogen-bond acceptors (Lipinski definition) is 16. The largest absolute Gasteiger partial charge is 0.416 e. The second kappa shape index (κ2) is 25.4. The van der Waals surface area contributed by atoms with Gasteiger partial charge in [-0.2, -0.15) is 69.4 Å². The van der Waals surface area contributed by atoms with E-state index in [-0.39, 0.29) is 47.7 Å². The number of nitrogen functional groups attached to an aromatic ring is 3. The van der Waals surface area contributed by atoms with Crippen LogP contribution in [-0.2, 0) is 29.9 Å². The minimum absolute atomic E-state index is 0.0209. The van der Waals surface area contributed by atoms with Crippen LogP contribution in [0.3, 0.4) is 0 Å². The molecule has 0 radical (unpaired) electrons. The third-order valence-electron chi connectivity index (χ3n) is 13.0. The summed E-state index contributed by atoms with van der Waals surface area (Å²) in [5.74, 6) is 2.59. The molecule has 0 bridgehead atoms. The molecule has 0 aliphatic carbocycles. The Kier molecular flexibility index (Phi) is 17.5. The van der Waals surface area contributed by atoms with Crippen LogP contribution >= 0.6 is 0 Å². The number of nitrogens with one attached hydrogen (secondary N) is 3. The molecule has 0 aliphatic heterocycles. The van der Waals surface area contributed by atoms with Crippen molar-refractivity contribution in [2.24, 2.45) is 0 Å². The summed E-state index contributed by atoms with van der Waals surface area (Å²) in [6.45, 7) is 4.27. The first-order valence-corrected chi connectivity index (χ1v) is 26.8. The molecule has 0 saturated carbocycles. The standard InChI is InChI=1S/C21H19F3N6.C20H17F3N6O.C19H13F5N6/c1-12(2)19-27-15-5-3-4-6-16(15)30(19)20-28-17(25)11-18(29-20)26-14-9-7-13(8-10-14)21(22,23)24;1-30-11-18-26-14-4-2-3-5-15(14)29(18)19-27-16(24)10-17(28-19)25-13-8-6-12(7-9-13)20(21,22)23;20-16(21)17-27-12-3-1-2-4-13(12)30(17)18-28-14(25)9-15(29-18)26-11-7-5-10(6-8-11)19(22,23)24/h3-12H,1-2H3,(H3,25,26,28,29);2-10H,11H2,1H3,(H3,24,25,27,28);1-9,16H,(H3,25,26,28,29). The highest BCUT2D eigenvalue weighted by atomic mass is 19.4. The Bertz CT molecular complexity index is 4300. The lowest BCUT2D eigenvalue weighted by Gasteiger charge is -2.13. The van der Waals surface area contributed by atoms with E-state index in [1.807, 2.05) is 66.9 Å². The quantitative estimate of drug-likeness (QED) is 0.0587. The van der Waals surface area contributed by atoms with Crippen molar-refractivity contribution in [2.45, 2.75) is 51.3 Å². The molecule has 19 nitrogen and oxygen atoms in total. The molecule has 12 rings (SSSR count). The van der Waals surface area contributed by atoms with Crippen LogP contribution in [0.25, 0.3) is 50.9 Å². The third kappa shape index (κ3) is 14.2. The second-order valence-corrected chi connectivity index (χ2v) is 19.9. The monoisotopic (exact) mass is 1250 g/mol. The van der Waals surface area contributed by atoms with Gasteiger partial charge in [0.15, 0.2) is 5.82 Å². The van der Waals surface area contributed by atoms with E-state index >= 15 is 0 Å². The van der Waals surface area contributed by atoms with Crippen molar-refractivity contribution in [1.82, 2.24) is 58.6 Å². The van der Waals surface area contributed by atoms with Crippen molar-refractivity contribution in [3.8, 4) is 17.8 Å². The lowest BCUT2D eigenvalue weighted by Crippen LogP contribution is -2.10. The van der Waals surface area contributed by atoms with Crippen molar-refractivity contribution in [3.05, 3.63) is 198 Å². The number of fused-ring (bicyclic) bond motifs is 3. The summed E-state index contributed by atoms with van der Waals surface area (Å²) in [5.41, 5.74) is 20.6. The van der Waals surface area contributed by atoms with E-state index < -0.39 is 47.5 Å². The van der Waals surface area contributed by atoms with Gasteiger partial charge in [0.25, 0.3) is 6.43 Å². The van der Waals surface area contributed by atoms with Crippen molar-refractivity contribution < 1.29 is 53.0 Å². The summed E-state index contributed by atoms with van der Waals surface area (Å²) in [6.07, 6.45) is -16.1. The van der Waals surface area contributed by atoms with Gasteiger partial charge in [0, 0.05) is 48.3 Å². The zero-order valence-corrected chi connectivity index (χ0v) is 47.1. The highest BCUT2D eigenvalue weighted by Gasteiger charge is 2.32. The zero-order chi connectivity index (χ0) is 64.2. The fraction of sp³-hybridized carbons (Fsp3) is 0.150. The number of nitrogens with zero attached hydrogens (tertiary/aromatic N) is 12. The van der Waals surface area contributed by atoms with Crippen molar-refractivity contribution in [2.75, 3.05) is 40.3 Å². The summed E-state index contributed by atoms with van der Waals surface area (Å²) in [4.78, 5) is 39.1. The van der Waals surface area contributed by atoms with Crippen LogP contribution in [0, 0.1) is 0 Å². The molecule has 0 aliphatic rings. The molecule has 462 valence electrons. The van der Waals surface area contributed by atoms with Crippen molar-refractivity contribution in [3.63, 3.8) is 0 Å². The Morgan fingerprint density at radius 3 is 1.06 bits per heavy atom. The summed E-state index contributed by atoms with van der Waals surface area (Å²) in [6, 6.07) is 39.5. The van der Waals surface area contributed by atoms with Gasteiger partial charge in [0.2, 0.25) is 17.8 Å². The van der Waals surface area contributed by atoms with Gasteiger partial charge < -0.3 is 37.9 Å². The molecule has 0 atom stereocenters. The fourth-order valence-electron chi connectivity index (χ4n) is 9.09. The van der Waals surface area contributed by atoms with Crippen LogP contribution in [-0.4, -0.2) is 65.7 Å². The molecule has 90 heavy (non-hydrogen) atoms. The molecule has 6 aromatic heterocycles. The summed E-state index contributed by atoms with van der Waals surface area (Å²) < 4.78 is 152. The number of alkyl halides is 11. The highest BCUT2D eigenvalue weighted by Crippen LogP contribution is 2.35. The number of aromatic nitrogens is 12. The van der Waals surface area contributed by atoms with Gasteiger partial charge >= 0.3 is 18.5 Å². The van der Waals surface area contributed by atoms with Gasteiger partial charge in [0.1, 0.15) is 53.2 Å². The van der Waals surface area contributed by atoms with Gasteiger partial charge in [-0.1, -0.05) is 50.2 Å². The first-order chi connectivity index (χ1) is 42.8. The summed E-state index contributed by atoms with van der Waals surface area (Å²) in [5, 5.41) is 8.75. The molecule has 0 fully saturated rings. The predicted molar refractivity (Wildman–Crippen MR) is 317 cm³/mol. The van der Waals surface area contributed by atoms with Gasteiger partial charge in [-0.05, 0) is 109 Å². The Morgan fingerprint density at radius 2 is 0.722 bits per heavy atom. The topological polar surface area (TPSA) is 254 Å². The Balaban J connectivity index is 0.000000148. The number of para-hydroxylation sites is 6. The average Bonchev–Trinajstić information content (AvgIpc) is 1.65. The normalized spacial score (nSPS) is 11.9. The van der Waals surface area contributed by atoms with Gasteiger partial charge in [0.05, 0.1) is 49.8 Å². The van der Waals surface area contributed by atoms with Gasteiger partial charge in [-0.3, -0.25) is 13.7 Å². The molecule has 9 N–H and O–H groups in total. The molecule has 6 aromatic carbocycles. The van der Waals surface area contributed by atoms with Gasteiger partial charge in [-0.15, -0.1) is 0 Å². The number of hydrogen-bond donors (Lipinski definition) is 6. The minimum atomic E-state index is -4.46. The van der Waals surface area contributed by atoms with E-state index in [9.17, 15) is 48.3 Å². The maximum absolute atomic E-state index is 13.6. The Labute approximate surface area is 502 Å². The number of benzene rings is 6. The highest BCUT2D eigenvalue weighted by molar-refractivity contribution is 5.80. The number of ether oxygens (including phenoxy) is 1. The van der Waals surface area contributed by atoms with Crippen LogP contribution < -0.4 is 33.2 Å². The fourth-order valence-corrected chi connectivity index (χ4v) is 9.09. The molecule has 0 amide bonds. The number of rotatable bonds is 13. The Morgan fingerprint density at radius 1 is 0.411 bits per heavy atom. The third-order valence-corrected chi connectivity index (χ3v) is 13.0. The molecule has 0 saturated heterocycles. The maximum Gasteiger partial charge on any atom is 0.416 e. The molecule has 0 unspecified atom stereocenters. The van der Waals surface area contributed by atoms with E-state index in [1.54, 1.807) is 35.9 Å². The van der Waals surface area contributed by atoms with Crippen molar-refractivity contribution in [1.29, 1.82) is 0 Å². The van der Waals surface area contributed by atoms with Crippen LogP contribution in [0.15, 0.2) is 164 Å². The number of nitrogens with two attached hydrogens (primary N) is 3.